The van der Waals surface area contributed by atoms with Crippen LogP contribution in [0.2, 0.25) is 0 Å². The molecule has 0 aliphatic carbocycles. The minimum atomic E-state index is -0.702. The average molecular weight is 467 g/mol. The van der Waals surface area contributed by atoms with E-state index in [4.69, 9.17) is 14.0 Å². The van der Waals surface area contributed by atoms with Gasteiger partial charge in [0.05, 0.1) is 17.9 Å². The fourth-order valence-corrected chi connectivity index (χ4v) is 3.47. The molecule has 0 fully saturated rings. The molecule has 0 aliphatic heterocycles. The molecule has 3 aromatic carbocycles. The molecule has 0 amide bonds. The first-order chi connectivity index (χ1) is 17.2. The van der Waals surface area contributed by atoms with Gasteiger partial charge in [0.25, 0.3) is 11.7 Å². The summed E-state index contributed by atoms with van der Waals surface area (Å²) in [7, 11) is 0. The van der Waals surface area contributed by atoms with Gasteiger partial charge >= 0.3 is 5.97 Å². The number of hydrogen-bond donors (Lipinski definition) is 0. The summed E-state index contributed by atoms with van der Waals surface area (Å²) in [4.78, 5) is 21.6. The smallest absolute Gasteiger partial charge is 0.378 e. The highest BCUT2D eigenvalue weighted by molar-refractivity contribution is 5.86. The molecule has 0 saturated heterocycles. The van der Waals surface area contributed by atoms with Crippen molar-refractivity contribution in [2.75, 3.05) is 6.61 Å². The number of ether oxygens (including phenoxy) is 2. The van der Waals surface area contributed by atoms with Gasteiger partial charge in [0, 0.05) is 5.56 Å². The summed E-state index contributed by atoms with van der Waals surface area (Å²) in [5, 5.41) is 8.39. The number of para-hydroxylation sites is 2. The summed E-state index contributed by atoms with van der Waals surface area (Å²) < 4.78 is 17.9. The number of esters is 1. The Morgan fingerprint density at radius 3 is 2.40 bits per heavy atom. The highest BCUT2D eigenvalue weighted by Gasteiger charge is 2.21. The Morgan fingerprint density at radius 1 is 0.914 bits per heavy atom. The lowest BCUT2D eigenvalue weighted by atomic mass is 10.2. The predicted octanol–water partition coefficient (Wildman–Crippen LogP) is 4.74. The molecule has 0 unspecified atom stereocenters. The van der Waals surface area contributed by atoms with Crippen molar-refractivity contribution in [3.05, 3.63) is 96.6 Å². The minimum absolute atomic E-state index is 0.0749. The van der Waals surface area contributed by atoms with E-state index >= 15 is 0 Å². The van der Waals surface area contributed by atoms with Crippen LogP contribution in [0.5, 0.6) is 5.75 Å². The van der Waals surface area contributed by atoms with E-state index in [-0.39, 0.29) is 18.3 Å². The van der Waals surface area contributed by atoms with Crippen LogP contribution >= 0.6 is 0 Å². The maximum Gasteiger partial charge on any atom is 0.378 e. The summed E-state index contributed by atoms with van der Waals surface area (Å²) in [5.74, 6) is 0.878. The van der Waals surface area contributed by atoms with E-state index in [1.54, 1.807) is 4.68 Å². The lowest BCUT2D eigenvalue weighted by Crippen LogP contribution is -2.08. The van der Waals surface area contributed by atoms with E-state index in [1.165, 1.54) is 0 Å². The molecular weight excluding hydrogens is 446 g/mol. The summed E-state index contributed by atoms with van der Waals surface area (Å²) in [5.41, 5.74) is 2.27. The van der Waals surface area contributed by atoms with Gasteiger partial charge in [-0.05, 0) is 31.2 Å². The number of aromatic nitrogens is 5. The van der Waals surface area contributed by atoms with Crippen molar-refractivity contribution >= 4 is 5.97 Å². The molecule has 0 aliphatic rings. The maximum atomic E-state index is 12.8. The molecule has 2 heterocycles. The second-order valence-corrected chi connectivity index (χ2v) is 7.39. The molecule has 9 heteroatoms. The van der Waals surface area contributed by atoms with Crippen molar-refractivity contribution in [3.8, 4) is 34.2 Å². The molecule has 174 valence electrons. The van der Waals surface area contributed by atoms with Crippen LogP contribution in [0.4, 0.5) is 0 Å². The summed E-state index contributed by atoms with van der Waals surface area (Å²) in [6, 6.07) is 26.3. The van der Waals surface area contributed by atoms with Crippen molar-refractivity contribution in [3.63, 3.8) is 0 Å². The molecule has 2 aromatic heterocycles. The van der Waals surface area contributed by atoms with Crippen LogP contribution in [0.1, 0.15) is 23.4 Å². The van der Waals surface area contributed by atoms with Crippen LogP contribution in [0.15, 0.2) is 89.5 Å². The van der Waals surface area contributed by atoms with Gasteiger partial charge in [-0.1, -0.05) is 65.8 Å². The maximum absolute atomic E-state index is 12.8. The number of benzene rings is 3. The van der Waals surface area contributed by atoms with Gasteiger partial charge in [0.2, 0.25) is 5.82 Å². The van der Waals surface area contributed by atoms with E-state index in [0.29, 0.717) is 29.6 Å². The molecule has 0 atom stereocenters. The van der Waals surface area contributed by atoms with Gasteiger partial charge in [-0.15, -0.1) is 5.10 Å². The number of rotatable bonds is 8. The Kier molecular flexibility index (Phi) is 6.29. The number of carbonyl (C=O) groups excluding carboxylic acids is 1. The van der Waals surface area contributed by atoms with Crippen molar-refractivity contribution in [1.29, 1.82) is 0 Å². The highest BCUT2D eigenvalue weighted by Crippen LogP contribution is 2.27. The first-order valence-corrected chi connectivity index (χ1v) is 11.0. The van der Waals surface area contributed by atoms with Crippen molar-refractivity contribution < 1.29 is 18.8 Å². The second-order valence-electron chi connectivity index (χ2n) is 7.39. The van der Waals surface area contributed by atoms with Crippen molar-refractivity contribution in [1.82, 2.24) is 24.9 Å². The number of nitrogens with zero attached hydrogens (tertiary/aromatic N) is 5. The molecular formula is C26H21N5O4. The van der Waals surface area contributed by atoms with Crippen LogP contribution in [0, 0.1) is 0 Å². The van der Waals surface area contributed by atoms with Gasteiger partial charge < -0.3 is 14.0 Å². The third-order valence-electron chi connectivity index (χ3n) is 5.05. The van der Waals surface area contributed by atoms with Gasteiger partial charge in [-0.2, -0.15) is 4.98 Å². The van der Waals surface area contributed by atoms with Crippen LogP contribution in [-0.4, -0.2) is 37.5 Å². The third-order valence-corrected chi connectivity index (χ3v) is 5.05. The quantitative estimate of drug-likeness (QED) is 0.301. The number of hydrogen-bond acceptors (Lipinski definition) is 8. The average Bonchev–Trinajstić information content (AvgIpc) is 3.57. The Hall–Kier alpha value is -4.79. The Morgan fingerprint density at radius 2 is 1.63 bits per heavy atom. The Balaban J connectivity index is 1.36. The van der Waals surface area contributed by atoms with Gasteiger partial charge in [0.15, 0.2) is 12.4 Å². The Bertz CT molecular complexity index is 1370. The first-order valence-electron chi connectivity index (χ1n) is 11.0. The largest absolute Gasteiger partial charge is 0.493 e. The molecule has 9 nitrogen and oxygen atoms in total. The van der Waals surface area contributed by atoms with Gasteiger partial charge in [-0.25, -0.2) is 14.5 Å². The molecule has 0 saturated carbocycles. The standard InChI is InChI=1S/C26H21N5O4/c1-2-33-21-16-10-9-15-20(21)23-27-22(35-30-23)17-34-26(32)24-28-25(18-11-5-3-6-12-18)31(29-24)19-13-7-4-8-14-19/h3-16H,2,17H2,1H3. The third kappa shape index (κ3) is 4.79. The van der Waals surface area contributed by atoms with Crippen LogP contribution in [0.25, 0.3) is 28.5 Å². The lowest BCUT2D eigenvalue weighted by Gasteiger charge is -2.05. The van der Waals surface area contributed by atoms with Crippen molar-refractivity contribution in [2.24, 2.45) is 0 Å². The summed E-state index contributed by atoms with van der Waals surface area (Å²) in [6.07, 6.45) is 0. The zero-order valence-electron chi connectivity index (χ0n) is 18.9. The van der Waals surface area contributed by atoms with Gasteiger partial charge in [0.1, 0.15) is 5.75 Å². The second kappa shape index (κ2) is 10.0. The fourth-order valence-electron chi connectivity index (χ4n) is 3.47. The highest BCUT2D eigenvalue weighted by atomic mass is 16.6. The van der Waals surface area contributed by atoms with Crippen LogP contribution < -0.4 is 4.74 Å². The minimum Gasteiger partial charge on any atom is -0.493 e. The molecule has 35 heavy (non-hydrogen) atoms. The lowest BCUT2D eigenvalue weighted by molar-refractivity contribution is 0.0415. The predicted molar refractivity (Wildman–Crippen MR) is 127 cm³/mol. The normalized spacial score (nSPS) is 10.8. The summed E-state index contributed by atoms with van der Waals surface area (Å²) in [6.45, 7) is 2.18. The van der Waals surface area contributed by atoms with E-state index in [2.05, 4.69) is 20.2 Å². The summed E-state index contributed by atoms with van der Waals surface area (Å²) >= 11 is 0. The zero-order chi connectivity index (χ0) is 24.0. The Labute approximate surface area is 201 Å². The molecule has 0 N–H and O–H groups in total. The van der Waals surface area contributed by atoms with Gasteiger partial charge in [-0.3, -0.25) is 0 Å². The number of carbonyl (C=O) groups is 1. The van der Waals surface area contributed by atoms with E-state index in [9.17, 15) is 4.79 Å². The topological polar surface area (TPSA) is 105 Å². The first kappa shape index (κ1) is 22.0. The fraction of sp³-hybridized carbons (Fsp3) is 0.115. The van der Waals surface area contributed by atoms with Crippen LogP contribution in [0.3, 0.4) is 0 Å². The molecule has 5 rings (SSSR count). The SMILES string of the molecule is CCOc1ccccc1-c1noc(COC(=O)c2nc(-c3ccccc3)n(-c3ccccc3)n2)n1. The van der Waals surface area contributed by atoms with Crippen molar-refractivity contribution in [2.45, 2.75) is 13.5 Å². The monoisotopic (exact) mass is 467 g/mol. The van der Waals surface area contributed by atoms with Crippen LogP contribution in [-0.2, 0) is 11.3 Å². The van der Waals surface area contributed by atoms with E-state index in [0.717, 1.165) is 11.3 Å². The van der Waals surface area contributed by atoms with E-state index in [1.807, 2.05) is 91.9 Å². The van der Waals surface area contributed by atoms with E-state index < -0.39 is 5.97 Å². The zero-order valence-corrected chi connectivity index (χ0v) is 18.9. The molecule has 0 bridgehead atoms. The molecule has 0 radical (unpaired) electrons. The molecule has 0 spiro atoms. The molecule has 5 aromatic rings.